The first kappa shape index (κ1) is 29.4. The zero-order valence-corrected chi connectivity index (χ0v) is 24.1. The highest BCUT2D eigenvalue weighted by Crippen LogP contribution is 2.33. The fourth-order valence-corrected chi connectivity index (χ4v) is 5.61. The number of anilines is 1. The average Bonchev–Trinajstić information content (AvgIpc) is 3.07. The van der Waals surface area contributed by atoms with Crippen molar-refractivity contribution in [2.75, 3.05) is 4.90 Å². The molecule has 0 saturated heterocycles. The first-order valence-electron chi connectivity index (χ1n) is 14.6. The number of nitrogens with two attached hydrogens (primary N) is 1. The predicted octanol–water partition coefficient (Wildman–Crippen LogP) is 7.17. The number of guanidine groups is 1. The first-order valence-corrected chi connectivity index (χ1v) is 14.6. The molecule has 8 heteroatoms. The van der Waals surface area contributed by atoms with Crippen molar-refractivity contribution in [3.63, 3.8) is 0 Å². The van der Waals surface area contributed by atoms with E-state index < -0.39 is 5.91 Å². The van der Waals surface area contributed by atoms with Crippen LogP contribution in [0.15, 0.2) is 113 Å². The van der Waals surface area contributed by atoms with Crippen LogP contribution in [0.4, 0.5) is 5.69 Å². The minimum absolute atomic E-state index is 0.0134. The second kappa shape index (κ2) is 14.2. The lowest BCUT2D eigenvalue weighted by molar-refractivity contribution is -0.118. The number of carbonyl (C=O) groups excluding carboxylic acids is 2. The van der Waals surface area contributed by atoms with Crippen LogP contribution in [0, 0.1) is 5.53 Å². The molecule has 218 valence electrons. The van der Waals surface area contributed by atoms with Gasteiger partial charge in [0.2, 0.25) is 5.91 Å². The highest BCUT2D eigenvalue weighted by Gasteiger charge is 2.20. The molecular formula is C35H36N6O2. The molecule has 0 aliphatic heterocycles. The molecule has 0 unspecified atom stereocenters. The van der Waals surface area contributed by atoms with Gasteiger partial charge in [-0.2, -0.15) is 0 Å². The maximum Gasteiger partial charge on any atom is 0.265 e. The van der Waals surface area contributed by atoms with E-state index in [0.717, 1.165) is 27.9 Å². The summed E-state index contributed by atoms with van der Waals surface area (Å²) in [7, 11) is 0. The Morgan fingerprint density at radius 1 is 0.791 bits per heavy atom. The van der Waals surface area contributed by atoms with Gasteiger partial charge in [-0.1, -0.05) is 98.1 Å². The van der Waals surface area contributed by atoms with Crippen molar-refractivity contribution < 1.29 is 9.59 Å². The van der Waals surface area contributed by atoms with Crippen molar-refractivity contribution in [3.8, 4) is 11.1 Å². The van der Waals surface area contributed by atoms with E-state index in [0.29, 0.717) is 18.0 Å². The number of nitrogens with zero attached hydrogens (tertiary/aromatic N) is 3. The van der Waals surface area contributed by atoms with Gasteiger partial charge in [-0.05, 0) is 70.8 Å². The second-order valence-corrected chi connectivity index (χ2v) is 10.9. The van der Waals surface area contributed by atoms with E-state index in [1.807, 2.05) is 47.4 Å². The lowest BCUT2D eigenvalue weighted by Crippen LogP contribution is -2.32. The SMILES string of the molecule is N=N/C(=N\N)NC(=O)c1ccc(CN(C(=O)Cc2ccc(-c3ccccc3)cc2)c2ccc(C3CCCCC3)cc2)cc1. The fraction of sp³-hybridized carbons (Fsp3) is 0.229. The Hall–Kier alpha value is -5.11. The van der Waals surface area contributed by atoms with Crippen LogP contribution in [-0.2, 0) is 17.8 Å². The Morgan fingerprint density at radius 2 is 1.42 bits per heavy atom. The first-order chi connectivity index (χ1) is 21.0. The molecule has 0 spiro atoms. The smallest absolute Gasteiger partial charge is 0.265 e. The number of nitrogens with one attached hydrogen (secondary N) is 2. The molecule has 5 rings (SSSR count). The third kappa shape index (κ3) is 7.60. The number of hydrazone groups is 1. The molecule has 8 nitrogen and oxygen atoms in total. The van der Waals surface area contributed by atoms with Crippen molar-refractivity contribution in [1.29, 1.82) is 5.53 Å². The minimum Gasteiger partial charge on any atom is -0.320 e. The lowest BCUT2D eigenvalue weighted by Gasteiger charge is -2.26. The van der Waals surface area contributed by atoms with Gasteiger partial charge in [0, 0.05) is 11.3 Å². The van der Waals surface area contributed by atoms with E-state index in [1.54, 1.807) is 12.1 Å². The number of hydrogen-bond donors (Lipinski definition) is 3. The molecule has 0 bridgehead atoms. The Kier molecular flexibility index (Phi) is 9.69. The quantitative estimate of drug-likeness (QED) is 0.0682. The molecule has 1 saturated carbocycles. The number of carbonyl (C=O) groups is 2. The molecule has 4 aromatic rings. The summed E-state index contributed by atoms with van der Waals surface area (Å²) in [4.78, 5) is 28.1. The zero-order valence-electron chi connectivity index (χ0n) is 24.1. The van der Waals surface area contributed by atoms with E-state index in [1.165, 1.54) is 37.7 Å². The topological polar surface area (TPSA) is 124 Å². The van der Waals surface area contributed by atoms with E-state index in [2.05, 4.69) is 64.1 Å². The number of benzene rings is 4. The standard InChI is InChI=1S/C35H36N6O2/c36-39-35(40-37)38-34(43)31-17-13-26(14-18-31)24-41(32-21-19-30(20-22-32)28-9-5-2-6-10-28)33(42)23-25-11-15-29(16-12-25)27-7-3-1-4-8-27/h1,3-4,7-8,11-22,28,36H,2,5-6,9-10,23-24,37H2,(H,38,40,43). The highest BCUT2D eigenvalue weighted by atomic mass is 16.2. The summed E-state index contributed by atoms with van der Waals surface area (Å²) in [5, 5.41) is 8.71. The summed E-state index contributed by atoms with van der Waals surface area (Å²) >= 11 is 0. The van der Waals surface area contributed by atoms with Crippen LogP contribution in [0.2, 0.25) is 0 Å². The van der Waals surface area contributed by atoms with Gasteiger partial charge < -0.3 is 10.7 Å². The van der Waals surface area contributed by atoms with Crippen LogP contribution >= 0.6 is 0 Å². The zero-order chi connectivity index (χ0) is 30.0. The molecule has 1 fully saturated rings. The highest BCUT2D eigenvalue weighted by molar-refractivity contribution is 6.05. The summed E-state index contributed by atoms with van der Waals surface area (Å²) < 4.78 is 0. The van der Waals surface area contributed by atoms with Gasteiger partial charge in [0.15, 0.2) is 0 Å². The molecule has 4 N–H and O–H groups in total. The van der Waals surface area contributed by atoms with Gasteiger partial charge >= 0.3 is 0 Å². The van der Waals surface area contributed by atoms with E-state index >= 15 is 0 Å². The van der Waals surface area contributed by atoms with E-state index in [9.17, 15) is 9.59 Å². The number of amides is 2. The number of rotatable bonds is 8. The normalized spacial score (nSPS) is 13.7. The van der Waals surface area contributed by atoms with Crippen molar-refractivity contribution in [3.05, 3.63) is 125 Å². The molecule has 0 heterocycles. The third-order valence-electron chi connectivity index (χ3n) is 8.01. The maximum absolute atomic E-state index is 13.8. The number of hydrogen-bond acceptors (Lipinski definition) is 5. The average molecular weight is 573 g/mol. The Morgan fingerprint density at radius 3 is 2.05 bits per heavy atom. The lowest BCUT2D eigenvalue weighted by atomic mass is 9.84. The van der Waals surface area contributed by atoms with Gasteiger partial charge in [-0.25, -0.2) is 5.53 Å². The summed E-state index contributed by atoms with van der Waals surface area (Å²) in [6.07, 6.45) is 6.55. The Balaban J connectivity index is 1.35. The van der Waals surface area contributed by atoms with Crippen LogP contribution in [0.1, 0.15) is 65.1 Å². The molecule has 0 aromatic heterocycles. The predicted molar refractivity (Wildman–Crippen MR) is 170 cm³/mol. The van der Waals surface area contributed by atoms with Crippen molar-refractivity contribution in [1.82, 2.24) is 5.32 Å². The van der Waals surface area contributed by atoms with Crippen LogP contribution < -0.4 is 16.1 Å². The minimum atomic E-state index is -0.475. The van der Waals surface area contributed by atoms with Gasteiger partial charge in [-0.15, -0.1) is 10.2 Å². The van der Waals surface area contributed by atoms with E-state index in [-0.39, 0.29) is 18.3 Å². The summed E-state index contributed by atoms with van der Waals surface area (Å²) in [5.74, 6) is 4.95. The molecule has 1 aliphatic rings. The molecule has 0 radical (unpaired) electrons. The Labute approximate surface area is 252 Å². The summed E-state index contributed by atoms with van der Waals surface area (Å²) in [6.45, 7) is 0.350. The molecule has 1 aliphatic carbocycles. The van der Waals surface area contributed by atoms with Gasteiger partial charge in [0.1, 0.15) is 0 Å². The maximum atomic E-state index is 13.8. The molecule has 2 amide bonds. The fourth-order valence-electron chi connectivity index (χ4n) is 5.61. The van der Waals surface area contributed by atoms with Crippen LogP contribution in [0.5, 0.6) is 0 Å². The Bertz CT molecular complexity index is 1560. The molecular weight excluding hydrogens is 536 g/mol. The van der Waals surface area contributed by atoms with Gasteiger partial charge in [-0.3, -0.25) is 14.9 Å². The summed E-state index contributed by atoms with van der Waals surface area (Å²) in [6, 6.07) is 33.7. The van der Waals surface area contributed by atoms with Crippen molar-refractivity contribution >= 4 is 23.5 Å². The van der Waals surface area contributed by atoms with Crippen LogP contribution in [0.25, 0.3) is 11.1 Å². The van der Waals surface area contributed by atoms with Crippen molar-refractivity contribution in [2.45, 2.75) is 51.0 Å². The van der Waals surface area contributed by atoms with E-state index in [4.69, 9.17) is 11.4 Å². The van der Waals surface area contributed by atoms with Gasteiger partial charge in [0.05, 0.1) is 13.0 Å². The molecule has 4 aromatic carbocycles. The molecule has 0 atom stereocenters. The molecule has 43 heavy (non-hydrogen) atoms. The van der Waals surface area contributed by atoms with Crippen LogP contribution in [0.3, 0.4) is 0 Å². The van der Waals surface area contributed by atoms with Crippen LogP contribution in [-0.4, -0.2) is 17.8 Å². The summed E-state index contributed by atoms with van der Waals surface area (Å²) in [5.41, 5.74) is 13.6. The van der Waals surface area contributed by atoms with Crippen molar-refractivity contribution in [2.24, 2.45) is 16.1 Å². The van der Waals surface area contributed by atoms with Gasteiger partial charge in [0.25, 0.3) is 11.9 Å². The largest absolute Gasteiger partial charge is 0.320 e. The monoisotopic (exact) mass is 572 g/mol. The third-order valence-corrected chi connectivity index (χ3v) is 8.01. The second-order valence-electron chi connectivity index (χ2n) is 10.9.